The Morgan fingerprint density at radius 2 is 1.75 bits per heavy atom. The summed E-state index contributed by atoms with van der Waals surface area (Å²) in [7, 11) is 1.62. The zero-order chi connectivity index (χ0) is 22.7. The number of amides is 1. The zero-order valence-electron chi connectivity index (χ0n) is 18.6. The lowest BCUT2D eigenvalue weighted by Gasteiger charge is -2.10. The molecule has 0 aliphatic heterocycles. The second-order valence-corrected chi connectivity index (χ2v) is 8.11. The number of rotatable bonds is 9. The van der Waals surface area contributed by atoms with Gasteiger partial charge in [0.2, 0.25) is 0 Å². The lowest BCUT2D eigenvalue weighted by atomic mass is 10.2. The molecule has 1 aliphatic carbocycles. The molecule has 4 rings (SSSR count). The number of aromatic nitrogens is 3. The summed E-state index contributed by atoms with van der Waals surface area (Å²) in [5.41, 5.74) is 1.25. The van der Waals surface area contributed by atoms with E-state index in [2.05, 4.69) is 10.4 Å². The molecule has 8 nitrogen and oxygen atoms in total. The molecule has 1 amide bonds. The van der Waals surface area contributed by atoms with Crippen LogP contribution in [0.1, 0.15) is 43.1 Å². The van der Waals surface area contributed by atoms with E-state index in [0.717, 1.165) is 29.9 Å². The van der Waals surface area contributed by atoms with Gasteiger partial charge in [-0.15, -0.1) is 5.10 Å². The lowest BCUT2D eigenvalue weighted by Crippen LogP contribution is -2.32. The van der Waals surface area contributed by atoms with Crippen LogP contribution >= 0.6 is 0 Å². The molecule has 1 saturated carbocycles. The molecule has 32 heavy (non-hydrogen) atoms. The summed E-state index contributed by atoms with van der Waals surface area (Å²) in [6.07, 6.45) is 2.02. The maximum Gasteiger partial charge on any atom is 0.346 e. The summed E-state index contributed by atoms with van der Waals surface area (Å²) in [6, 6.07) is 14.7. The Morgan fingerprint density at radius 3 is 2.34 bits per heavy atom. The number of ether oxygens (including phenoxy) is 2. The first kappa shape index (κ1) is 21.7. The van der Waals surface area contributed by atoms with Crippen LogP contribution in [0.3, 0.4) is 0 Å². The van der Waals surface area contributed by atoms with Crippen LogP contribution in [-0.4, -0.2) is 40.0 Å². The largest absolute Gasteiger partial charge is 0.497 e. The zero-order valence-corrected chi connectivity index (χ0v) is 18.6. The number of methoxy groups -OCH3 is 1. The van der Waals surface area contributed by atoms with Crippen molar-refractivity contribution in [3.63, 3.8) is 0 Å². The van der Waals surface area contributed by atoms with Gasteiger partial charge in [-0.05, 0) is 75.2 Å². The molecule has 0 saturated heterocycles. The number of hydrogen-bond donors (Lipinski definition) is 1. The maximum atomic E-state index is 13.0. The van der Waals surface area contributed by atoms with Crippen LogP contribution < -0.4 is 20.5 Å². The van der Waals surface area contributed by atoms with Crippen molar-refractivity contribution >= 4 is 5.91 Å². The van der Waals surface area contributed by atoms with E-state index < -0.39 is 0 Å². The standard InChI is InChI=1S/C24H28N4O4/c1-16(2)32-21-12-6-18(7-13-21)23(29)25-14-15-27-24(30)28(19-8-9-19)22(26-27)17-4-10-20(31-3)11-5-17/h4-7,10-13,16,19H,8-9,14-15H2,1-3H3,(H,25,29). The van der Waals surface area contributed by atoms with Crippen LogP contribution in [0.5, 0.6) is 11.5 Å². The van der Waals surface area contributed by atoms with Crippen molar-refractivity contribution in [2.24, 2.45) is 0 Å². The van der Waals surface area contributed by atoms with Gasteiger partial charge in [-0.3, -0.25) is 9.36 Å². The van der Waals surface area contributed by atoms with Gasteiger partial charge in [0.05, 0.1) is 19.8 Å². The minimum atomic E-state index is -0.203. The summed E-state index contributed by atoms with van der Waals surface area (Å²) >= 11 is 0. The third-order valence-corrected chi connectivity index (χ3v) is 5.23. The lowest BCUT2D eigenvalue weighted by molar-refractivity contribution is 0.0951. The van der Waals surface area contributed by atoms with Gasteiger partial charge in [0.1, 0.15) is 11.5 Å². The van der Waals surface area contributed by atoms with Crippen molar-refractivity contribution in [2.75, 3.05) is 13.7 Å². The molecule has 1 heterocycles. The van der Waals surface area contributed by atoms with Gasteiger partial charge in [0.15, 0.2) is 5.82 Å². The minimum absolute atomic E-state index is 0.0752. The summed E-state index contributed by atoms with van der Waals surface area (Å²) in [5.74, 6) is 1.91. The van der Waals surface area contributed by atoms with Gasteiger partial charge < -0.3 is 14.8 Å². The molecule has 1 aliphatic rings. The molecule has 3 aromatic rings. The third kappa shape index (κ3) is 4.85. The predicted octanol–water partition coefficient (Wildman–Crippen LogP) is 3.27. The normalized spacial score (nSPS) is 13.2. The summed E-state index contributed by atoms with van der Waals surface area (Å²) in [6.45, 7) is 4.50. The number of hydrogen-bond acceptors (Lipinski definition) is 5. The van der Waals surface area contributed by atoms with E-state index in [1.54, 1.807) is 35.9 Å². The topological polar surface area (TPSA) is 87.4 Å². The van der Waals surface area contributed by atoms with Crippen LogP contribution in [0.2, 0.25) is 0 Å². The maximum absolute atomic E-state index is 13.0. The van der Waals surface area contributed by atoms with Crippen LogP contribution in [-0.2, 0) is 6.54 Å². The number of benzene rings is 2. The van der Waals surface area contributed by atoms with Crippen molar-refractivity contribution in [3.8, 4) is 22.9 Å². The van der Waals surface area contributed by atoms with Gasteiger partial charge >= 0.3 is 5.69 Å². The fourth-order valence-corrected chi connectivity index (χ4v) is 3.50. The molecule has 0 spiro atoms. The van der Waals surface area contributed by atoms with Crippen molar-refractivity contribution in [3.05, 3.63) is 64.6 Å². The average molecular weight is 437 g/mol. The number of carbonyl (C=O) groups is 1. The first-order valence-electron chi connectivity index (χ1n) is 10.8. The first-order chi connectivity index (χ1) is 15.5. The highest BCUT2D eigenvalue weighted by molar-refractivity contribution is 5.94. The van der Waals surface area contributed by atoms with Crippen LogP contribution in [0.15, 0.2) is 53.3 Å². The van der Waals surface area contributed by atoms with E-state index in [-0.39, 0.29) is 23.7 Å². The van der Waals surface area contributed by atoms with E-state index in [4.69, 9.17) is 9.47 Å². The Labute approximate surface area is 186 Å². The van der Waals surface area contributed by atoms with Gasteiger partial charge in [-0.2, -0.15) is 0 Å². The second kappa shape index (κ2) is 9.30. The van der Waals surface area contributed by atoms with Gasteiger partial charge in [0.25, 0.3) is 5.91 Å². The average Bonchev–Trinajstić information content (AvgIpc) is 3.57. The molecular weight excluding hydrogens is 408 g/mol. The Balaban J connectivity index is 1.43. The van der Waals surface area contributed by atoms with Crippen molar-refractivity contribution in [1.82, 2.24) is 19.7 Å². The van der Waals surface area contributed by atoms with Crippen molar-refractivity contribution in [2.45, 2.75) is 45.4 Å². The SMILES string of the molecule is COc1ccc(-c2nn(CCNC(=O)c3ccc(OC(C)C)cc3)c(=O)n2C2CC2)cc1. The van der Waals surface area contributed by atoms with Gasteiger partial charge in [0, 0.05) is 23.7 Å². The number of nitrogens with one attached hydrogen (secondary N) is 1. The predicted molar refractivity (Wildman–Crippen MR) is 121 cm³/mol. The fourth-order valence-electron chi connectivity index (χ4n) is 3.50. The van der Waals surface area contributed by atoms with Gasteiger partial charge in [-0.25, -0.2) is 9.48 Å². The van der Waals surface area contributed by atoms with Crippen LogP contribution in [0.25, 0.3) is 11.4 Å². The Bertz CT molecular complexity index is 1130. The molecule has 168 valence electrons. The molecule has 0 unspecified atom stereocenters. The third-order valence-electron chi connectivity index (χ3n) is 5.23. The molecule has 0 bridgehead atoms. The Morgan fingerprint density at radius 1 is 1.09 bits per heavy atom. The smallest absolute Gasteiger partial charge is 0.346 e. The molecule has 0 atom stereocenters. The monoisotopic (exact) mass is 436 g/mol. The van der Waals surface area contributed by atoms with Crippen molar-refractivity contribution in [1.29, 1.82) is 0 Å². The van der Waals surface area contributed by atoms with Crippen LogP contribution in [0.4, 0.5) is 0 Å². The second-order valence-electron chi connectivity index (χ2n) is 8.11. The quantitative estimate of drug-likeness (QED) is 0.556. The van der Waals surface area contributed by atoms with E-state index >= 15 is 0 Å². The summed E-state index contributed by atoms with van der Waals surface area (Å²) in [5, 5.41) is 7.42. The highest BCUT2D eigenvalue weighted by Crippen LogP contribution is 2.36. The van der Waals surface area contributed by atoms with E-state index in [1.807, 2.05) is 38.1 Å². The number of carbonyl (C=O) groups excluding carboxylic acids is 1. The molecule has 1 N–H and O–H groups in total. The molecule has 8 heteroatoms. The Kier molecular flexibility index (Phi) is 6.30. The van der Waals surface area contributed by atoms with E-state index in [0.29, 0.717) is 24.5 Å². The van der Waals surface area contributed by atoms with E-state index in [1.165, 1.54) is 4.68 Å². The van der Waals surface area contributed by atoms with Gasteiger partial charge in [-0.1, -0.05) is 0 Å². The highest BCUT2D eigenvalue weighted by atomic mass is 16.5. The Hall–Kier alpha value is -3.55. The highest BCUT2D eigenvalue weighted by Gasteiger charge is 2.30. The molecule has 0 radical (unpaired) electrons. The minimum Gasteiger partial charge on any atom is -0.497 e. The van der Waals surface area contributed by atoms with Crippen LogP contribution in [0, 0.1) is 0 Å². The molecular formula is C24H28N4O4. The van der Waals surface area contributed by atoms with E-state index in [9.17, 15) is 9.59 Å². The number of nitrogens with zero attached hydrogens (tertiary/aromatic N) is 3. The fraction of sp³-hybridized carbons (Fsp3) is 0.375. The summed E-state index contributed by atoms with van der Waals surface area (Å²) in [4.78, 5) is 25.4. The van der Waals surface area contributed by atoms with Crippen molar-refractivity contribution < 1.29 is 14.3 Å². The molecule has 2 aromatic carbocycles. The molecule has 1 aromatic heterocycles. The molecule has 1 fully saturated rings. The summed E-state index contributed by atoms with van der Waals surface area (Å²) < 4.78 is 14.0. The first-order valence-corrected chi connectivity index (χ1v) is 10.8.